The minimum absolute atomic E-state index is 0.117. The number of carbonyl (C=O) groups excluding carboxylic acids is 1. The topological polar surface area (TPSA) is 54.0 Å². The van der Waals surface area contributed by atoms with E-state index in [2.05, 4.69) is 46.7 Å². The largest absolute Gasteiger partial charge is 0.344 e. The van der Waals surface area contributed by atoms with Crippen LogP contribution in [0.2, 0.25) is 19.6 Å². The lowest BCUT2D eigenvalue weighted by Crippen LogP contribution is -2.27. The first-order valence-corrected chi connectivity index (χ1v) is 13.9. The summed E-state index contributed by atoms with van der Waals surface area (Å²) >= 11 is 1.41. The summed E-state index contributed by atoms with van der Waals surface area (Å²) in [6.07, 6.45) is 0. The summed E-state index contributed by atoms with van der Waals surface area (Å²) in [7, 11) is -1.58. The smallest absolute Gasteiger partial charge is 0.272 e. The van der Waals surface area contributed by atoms with Crippen molar-refractivity contribution in [3.8, 4) is 11.5 Å². The van der Waals surface area contributed by atoms with Crippen molar-refractivity contribution >= 4 is 36.1 Å². The van der Waals surface area contributed by atoms with Crippen LogP contribution in [-0.2, 0) is 0 Å². The third-order valence-corrected chi connectivity index (χ3v) is 5.83. The Balaban J connectivity index is 1.88. The zero-order chi connectivity index (χ0) is 20.9. The molecule has 0 bridgehead atoms. The maximum absolute atomic E-state index is 13.0. The number of benzene rings is 2. The second-order valence-corrected chi connectivity index (χ2v) is 13.5. The molecule has 1 amide bonds. The van der Waals surface area contributed by atoms with Crippen molar-refractivity contribution in [3.05, 3.63) is 76.8 Å². The first kappa shape index (κ1) is 20.8. The number of hydrogen-bond acceptors (Lipinski definition) is 4. The van der Waals surface area contributed by atoms with E-state index in [1.807, 2.05) is 67.6 Å². The molecule has 3 aromatic rings. The van der Waals surface area contributed by atoms with E-state index in [0.29, 0.717) is 15.7 Å². The number of nitrogens with one attached hydrogen (secondary N) is 2. The molecule has 2 N–H and O–H groups in total. The van der Waals surface area contributed by atoms with E-state index in [1.165, 1.54) is 11.3 Å². The Bertz CT molecular complexity index is 1030. The monoisotopic (exact) mass is 419 g/mol. The van der Waals surface area contributed by atoms with Crippen LogP contribution in [0.4, 0.5) is 10.8 Å². The molecule has 4 nitrogen and oxygen atoms in total. The number of thiazole rings is 1. The molecule has 2 aromatic carbocycles. The molecule has 1 atom stereocenters. The summed E-state index contributed by atoms with van der Waals surface area (Å²) < 4.78 is 0. The van der Waals surface area contributed by atoms with Gasteiger partial charge in [-0.1, -0.05) is 85.4 Å². The number of anilines is 2. The Labute approximate surface area is 177 Å². The van der Waals surface area contributed by atoms with Gasteiger partial charge in [-0.2, -0.15) is 0 Å². The number of nitrogens with zero attached hydrogens (tertiary/aromatic N) is 1. The van der Waals surface area contributed by atoms with Crippen LogP contribution in [0, 0.1) is 11.5 Å². The molecule has 0 radical (unpaired) electrons. The molecule has 29 heavy (non-hydrogen) atoms. The number of hydrogen-bond donors (Lipinski definition) is 2. The van der Waals surface area contributed by atoms with E-state index >= 15 is 0 Å². The summed E-state index contributed by atoms with van der Waals surface area (Å²) in [5.41, 5.74) is 5.70. The average molecular weight is 420 g/mol. The molecule has 1 aromatic heterocycles. The van der Waals surface area contributed by atoms with E-state index in [0.717, 1.165) is 11.3 Å². The summed E-state index contributed by atoms with van der Waals surface area (Å²) in [5, 5.41) is 6.98. The number of aromatic nitrogens is 1. The zero-order valence-electron chi connectivity index (χ0n) is 17.1. The molecule has 0 aliphatic carbocycles. The molecule has 0 aliphatic heterocycles. The predicted octanol–water partition coefficient (Wildman–Crippen LogP) is 5.61. The normalized spacial score (nSPS) is 11.9. The van der Waals surface area contributed by atoms with E-state index in [4.69, 9.17) is 0 Å². The summed E-state index contributed by atoms with van der Waals surface area (Å²) in [6.45, 7) is 8.51. The fourth-order valence-electron chi connectivity index (χ4n) is 2.59. The van der Waals surface area contributed by atoms with Crippen molar-refractivity contribution in [1.29, 1.82) is 0 Å². The number of carbonyl (C=O) groups is 1. The molecule has 1 heterocycles. The third-order valence-electron chi connectivity index (χ3n) is 4.07. The third kappa shape index (κ3) is 6.05. The van der Waals surface area contributed by atoms with Crippen LogP contribution in [0.3, 0.4) is 0 Å². The highest BCUT2D eigenvalue weighted by Crippen LogP contribution is 2.26. The lowest BCUT2D eigenvalue weighted by atomic mass is 10.1. The highest BCUT2D eigenvalue weighted by Gasteiger charge is 2.20. The van der Waals surface area contributed by atoms with E-state index in [9.17, 15) is 4.79 Å². The van der Waals surface area contributed by atoms with Gasteiger partial charge in [0.2, 0.25) is 0 Å². The van der Waals surface area contributed by atoms with Gasteiger partial charge in [0.15, 0.2) is 10.8 Å². The molecule has 0 saturated heterocycles. The Morgan fingerprint density at radius 2 is 1.66 bits per heavy atom. The van der Waals surface area contributed by atoms with Crippen molar-refractivity contribution in [2.75, 3.05) is 5.32 Å². The van der Waals surface area contributed by atoms with E-state index in [1.54, 1.807) is 0 Å². The molecule has 1 unspecified atom stereocenters. The maximum Gasteiger partial charge on any atom is 0.272 e. The molecular weight excluding hydrogens is 394 g/mol. The van der Waals surface area contributed by atoms with Crippen LogP contribution < -0.4 is 10.6 Å². The lowest BCUT2D eigenvalue weighted by Gasteiger charge is -2.13. The zero-order valence-corrected chi connectivity index (χ0v) is 18.9. The van der Waals surface area contributed by atoms with Gasteiger partial charge in [0, 0.05) is 5.69 Å². The van der Waals surface area contributed by atoms with Crippen molar-refractivity contribution in [2.45, 2.75) is 32.6 Å². The van der Waals surface area contributed by atoms with E-state index < -0.39 is 8.07 Å². The fourth-order valence-corrected chi connectivity index (χ4v) is 4.02. The number of rotatable bonds is 5. The summed E-state index contributed by atoms with van der Waals surface area (Å²) in [5.74, 6) is 3.01. The highest BCUT2D eigenvalue weighted by atomic mass is 32.1. The molecule has 3 rings (SSSR count). The Morgan fingerprint density at radius 1 is 1.03 bits per heavy atom. The predicted molar refractivity (Wildman–Crippen MR) is 124 cm³/mol. The second kappa shape index (κ2) is 9.08. The van der Waals surface area contributed by atoms with Crippen LogP contribution in [0.1, 0.15) is 33.9 Å². The summed E-state index contributed by atoms with van der Waals surface area (Å²) in [6, 6.07) is 19.6. The minimum atomic E-state index is -1.58. The van der Waals surface area contributed by atoms with Gasteiger partial charge in [-0.15, -0.1) is 5.54 Å². The van der Waals surface area contributed by atoms with Crippen LogP contribution in [0.5, 0.6) is 0 Å². The van der Waals surface area contributed by atoms with Crippen molar-refractivity contribution < 1.29 is 4.79 Å². The van der Waals surface area contributed by atoms with Gasteiger partial charge >= 0.3 is 0 Å². The fraction of sp³-hybridized carbons (Fsp3) is 0.217. The van der Waals surface area contributed by atoms with Crippen LogP contribution in [0.25, 0.3) is 0 Å². The van der Waals surface area contributed by atoms with Gasteiger partial charge in [-0.05, 0) is 24.6 Å². The molecule has 0 spiro atoms. The minimum Gasteiger partial charge on any atom is -0.344 e. The van der Waals surface area contributed by atoms with Crippen molar-refractivity contribution in [3.63, 3.8) is 0 Å². The van der Waals surface area contributed by atoms with Crippen molar-refractivity contribution in [1.82, 2.24) is 10.3 Å². The second-order valence-electron chi connectivity index (χ2n) is 7.79. The molecule has 6 heteroatoms. The average Bonchev–Trinajstić information content (AvgIpc) is 3.10. The molecule has 0 aliphatic rings. The SMILES string of the molecule is CC(NC(=O)c1nc(Nc2ccccc2)sc1C#C[Si](C)(C)C)c1ccccc1. The molecule has 0 saturated carbocycles. The standard InChI is InChI=1S/C23H25N3OSSi/c1-17(18-11-7-5-8-12-18)24-22(27)21-20(15-16-29(2,3)4)28-23(26-21)25-19-13-9-6-10-14-19/h5-14,17H,1-4H3,(H,24,27)(H,25,26). The lowest BCUT2D eigenvalue weighted by molar-refractivity contribution is 0.0935. The Morgan fingerprint density at radius 3 is 2.28 bits per heavy atom. The summed E-state index contributed by atoms with van der Waals surface area (Å²) in [4.78, 5) is 18.2. The van der Waals surface area contributed by atoms with Gasteiger partial charge in [0.1, 0.15) is 13.0 Å². The van der Waals surface area contributed by atoms with Gasteiger partial charge < -0.3 is 10.6 Å². The Kier molecular flexibility index (Phi) is 6.52. The van der Waals surface area contributed by atoms with E-state index in [-0.39, 0.29) is 11.9 Å². The van der Waals surface area contributed by atoms with Gasteiger partial charge in [-0.3, -0.25) is 4.79 Å². The van der Waals surface area contributed by atoms with Gasteiger partial charge in [0.05, 0.1) is 6.04 Å². The quantitative estimate of drug-likeness (QED) is 0.418. The maximum atomic E-state index is 13.0. The highest BCUT2D eigenvalue weighted by molar-refractivity contribution is 7.16. The molecule has 148 valence electrons. The first-order chi connectivity index (χ1) is 13.8. The van der Waals surface area contributed by atoms with Crippen LogP contribution >= 0.6 is 11.3 Å². The van der Waals surface area contributed by atoms with Crippen LogP contribution in [-0.4, -0.2) is 19.0 Å². The van der Waals surface area contributed by atoms with Crippen LogP contribution in [0.15, 0.2) is 60.7 Å². The van der Waals surface area contributed by atoms with Crippen molar-refractivity contribution in [2.24, 2.45) is 0 Å². The number of para-hydroxylation sites is 1. The number of amides is 1. The van der Waals surface area contributed by atoms with Gasteiger partial charge in [0.25, 0.3) is 5.91 Å². The molecule has 0 fully saturated rings. The first-order valence-electron chi connectivity index (χ1n) is 9.54. The molecular formula is C23H25N3OSSi. The van der Waals surface area contributed by atoms with Gasteiger partial charge in [-0.25, -0.2) is 4.98 Å². The Hall–Kier alpha value is -2.88.